The third kappa shape index (κ3) is 4.09. The zero-order valence-electron chi connectivity index (χ0n) is 8.43. The molecule has 1 aromatic carbocycles. The minimum absolute atomic E-state index is 0.129. The number of nitrogens with zero attached hydrogens (tertiary/aromatic N) is 1. The summed E-state index contributed by atoms with van der Waals surface area (Å²) in [5.41, 5.74) is 1.04. The topological polar surface area (TPSA) is 35.8 Å². The molecule has 0 saturated carbocycles. The number of nitrogens with one attached hydrogen (secondary N) is 1. The van der Waals surface area contributed by atoms with E-state index in [0.29, 0.717) is 10.0 Å². The van der Waals surface area contributed by atoms with Gasteiger partial charge in [0.1, 0.15) is 0 Å². The molecule has 0 aliphatic heterocycles. The second-order valence-electron chi connectivity index (χ2n) is 3.29. The Morgan fingerprint density at radius 2 is 2.20 bits per heavy atom. The van der Waals surface area contributed by atoms with E-state index in [1.165, 1.54) is 0 Å². The Morgan fingerprint density at radius 3 is 2.80 bits per heavy atom. The van der Waals surface area contributed by atoms with Gasteiger partial charge in [0.15, 0.2) is 0 Å². The molecule has 80 valence electrons. The fraction of sp³-hybridized carbons (Fsp3) is 0.364. The molecule has 1 atom stereocenters. The highest BCUT2D eigenvalue weighted by atomic mass is 35.5. The van der Waals surface area contributed by atoms with Crippen LogP contribution >= 0.6 is 23.2 Å². The van der Waals surface area contributed by atoms with Crippen LogP contribution in [0.15, 0.2) is 18.2 Å². The number of rotatable bonds is 4. The summed E-state index contributed by atoms with van der Waals surface area (Å²) in [7, 11) is 0. The molecule has 0 aliphatic carbocycles. The van der Waals surface area contributed by atoms with Gasteiger partial charge in [-0.25, -0.2) is 0 Å². The maximum absolute atomic E-state index is 8.57. The lowest BCUT2D eigenvalue weighted by Gasteiger charge is -2.07. The number of hydrogen-bond acceptors (Lipinski definition) is 2. The molecule has 0 saturated heterocycles. The third-order valence-electron chi connectivity index (χ3n) is 2.05. The summed E-state index contributed by atoms with van der Waals surface area (Å²) in [6.45, 7) is 2.56. The van der Waals surface area contributed by atoms with E-state index in [1.807, 2.05) is 19.1 Å². The first kappa shape index (κ1) is 12.3. The number of benzene rings is 1. The van der Waals surface area contributed by atoms with Crippen LogP contribution in [0.2, 0.25) is 10.0 Å². The van der Waals surface area contributed by atoms with Crippen molar-refractivity contribution in [2.75, 3.05) is 6.54 Å². The summed E-state index contributed by atoms with van der Waals surface area (Å²) in [5.74, 6) is 0. The Hall–Kier alpha value is -0.750. The number of hydrogen-bond donors (Lipinski definition) is 1. The van der Waals surface area contributed by atoms with Crippen molar-refractivity contribution in [3.05, 3.63) is 33.8 Å². The molecule has 1 unspecified atom stereocenters. The van der Waals surface area contributed by atoms with E-state index >= 15 is 0 Å². The Kier molecular flexibility index (Phi) is 4.90. The van der Waals surface area contributed by atoms with E-state index in [2.05, 4.69) is 11.4 Å². The standard InChI is InChI=1S/C11H12Cl2N2/c1-8(7-14)15-5-4-9-2-3-10(12)6-11(9)13/h2-3,6,8,15H,4-5H2,1H3. The Balaban J connectivity index is 2.48. The number of nitriles is 1. The van der Waals surface area contributed by atoms with Crippen molar-refractivity contribution in [3.63, 3.8) is 0 Å². The second kappa shape index (κ2) is 5.97. The Labute approximate surface area is 99.8 Å². The average Bonchev–Trinajstić information content (AvgIpc) is 2.21. The fourth-order valence-corrected chi connectivity index (χ4v) is 1.70. The van der Waals surface area contributed by atoms with Crippen molar-refractivity contribution >= 4 is 23.2 Å². The summed E-state index contributed by atoms with van der Waals surface area (Å²) in [6.07, 6.45) is 0.794. The van der Waals surface area contributed by atoms with Gasteiger partial charge in [0.25, 0.3) is 0 Å². The van der Waals surface area contributed by atoms with Gasteiger partial charge in [-0.15, -0.1) is 0 Å². The molecule has 0 spiro atoms. The van der Waals surface area contributed by atoms with Crippen LogP contribution in [0.3, 0.4) is 0 Å². The highest BCUT2D eigenvalue weighted by Gasteiger charge is 2.02. The molecule has 15 heavy (non-hydrogen) atoms. The van der Waals surface area contributed by atoms with Gasteiger partial charge in [-0.1, -0.05) is 29.3 Å². The third-order valence-corrected chi connectivity index (χ3v) is 2.64. The van der Waals surface area contributed by atoms with Crippen molar-refractivity contribution in [3.8, 4) is 6.07 Å². The second-order valence-corrected chi connectivity index (χ2v) is 4.13. The van der Waals surface area contributed by atoms with Crippen LogP contribution in [0.4, 0.5) is 0 Å². The van der Waals surface area contributed by atoms with E-state index < -0.39 is 0 Å². The zero-order chi connectivity index (χ0) is 11.3. The molecular formula is C11H12Cl2N2. The molecule has 1 N–H and O–H groups in total. The lowest BCUT2D eigenvalue weighted by atomic mass is 10.1. The number of halogens is 2. The smallest absolute Gasteiger partial charge is 0.0924 e. The first-order valence-electron chi connectivity index (χ1n) is 4.70. The Morgan fingerprint density at radius 1 is 1.47 bits per heavy atom. The molecule has 0 radical (unpaired) electrons. The monoisotopic (exact) mass is 242 g/mol. The quantitative estimate of drug-likeness (QED) is 0.882. The maximum atomic E-state index is 8.57. The van der Waals surface area contributed by atoms with Crippen LogP contribution in [-0.2, 0) is 6.42 Å². The molecule has 0 amide bonds. The fourth-order valence-electron chi connectivity index (χ4n) is 1.19. The van der Waals surface area contributed by atoms with Crippen molar-refractivity contribution in [1.82, 2.24) is 5.32 Å². The molecule has 2 nitrogen and oxygen atoms in total. The van der Waals surface area contributed by atoms with Gasteiger partial charge in [-0.2, -0.15) is 5.26 Å². The van der Waals surface area contributed by atoms with Gasteiger partial charge in [-0.05, 0) is 31.0 Å². The maximum Gasteiger partial charge on any atom is 0.0924 e. The molecule has 1 aromatic rings. The largest absolute Gasteiger partial charge is 0.302 e. The SMILES string of the molecule is CC(C#N)NCCc1ccc(Cl)cc1Cl. The summed E-state index contributed by atoms with van der Waals surface area (Å²) >= 11 is 11.8. The van der Waals surface area contributed by atoms with Gasteiger partial charge in [-0.3, -0.25) is 0 Å². The lowest BCUT2D eigenvalue weighted by molar-refractivity contribution is 0.641. The lowest BCUT2D eigenvalue weighted by Crippen LogP contribution is -2.26. The molecular weight excluding hydrogens is 231 g/mol. The van der Waals surface area contributed by atoms with Crippen LogP contribution < -0.4 is 5.32 Å². The Bertz CT molecular complexity index is 371. The van der Waals surface area contributed by atoms with Gasteiger partial charge in [0, 0.05) is 16.6 Å². The van der Waals surface area contributed by atoms with Gasteiger partial charge < -0.3 is 5.32 Å². The molecule has 4 heteroatoms. The van der Waals surface area contributed by atoms with E-state index in [0.717, 1.165) is 18.5 Å². The average molecular weight is 243 g/mol. The molecule has 0 fully saturated rings. The normalized spacial score (nSPS) is 12.1. The molecule has 0 aromatic heterocycles. The van der Waals surface area contributed by atoms with E-state index in [4.69, 9.17) is 28.5 Å². The highest BCUT2D eigenvalue weighted by molar-refractivity contribution is 6.35. The van der Waals surface area contributed by atoms with Crippen LogP contribution in [0.1, 0.15) is 12.5 Å². The van der Waals surface area contributed by atoms with Gasteiger partial charge in [0.2, 0.25) is 0 Å². The summed E-state index contributed by atoms with van der Waals surface area (Å²) in [6, 6.07) is 7.43. The first-order valence-corrected chi connectivity index (χ1v) is 5.46. The van der Waals surface area contributed by atoms with Gasteiger partial charge in [0.05, 0.1) is 12.1 Å². The molecule has 0 bridgehead atoms. The van der Waals surface area contributed by atoms with E-state index in [9.17, 15) is 0 Å². The predicted octanol–water partition coefficient (Wildman–Crippen LogP) is 3.04. The minimum atomic E-state index is -0.129. The van der Waals surface area contributed by atoms with Crippen LogP contribution in [0.5, 0.6) is 0 Å². The van der Waals surface area contributed by atoms with Crippen molar-refractivity contribution in [2.24, 2.45) is 0 Å². The van der Waals surface area contributed by atoms with E-state index in [1.54, 1.807) is 6.07 Å². The van der Waals surface area contributed by atoms with Crippen LogP contribution in [0.25, 0.3) is 0 Å². The first-order chi connectivity index (χ1) is 7.13. The summed E-state index contributed by atoms with van der Waals surface area (Å²) in [5, 5.41) is 13.0. The zero-order valence-corrected chi connectivity index (χ0v) is 9.94. The molecule has 0 aliphatic rings. The predicted molar refractivity (Wildman–Crippen MR) is 63.2 cm³/mol. The minimum Gasteiger partial charge on any atom is -0.302 e. The van der Waals surface area contributed by atoms with Crippen LogP contribution in [-0.4, -0.2) is 12.6 Å². The molecule has 0 heterocycles. The van der Waals surface area contributed by atoms with Gasteiger partial charge >= 0.3 is 0 Å². The van der Waals surface area contributed by atoms with Crippen molar-refractivity contribution in [1.29, 1.82) is 5.26 Å². The highest BCUT2D eigenvalue weighted by Crippen LogP contribution is 2.20. The van der Waals surface area contributed by atoms with Crippen molar-refractivity contribution in [2.45, 2.75) is 19.4 Å². The summed E-state index contributed by atoms with van der Waals surface area (Å²) < 4.78 is 0. The van der Waals surface area contributed by atoms with E-state index in [-0.39, 0.29) is 6.04 Å². The summed E-state index contributed by atoms with van der Waals surface area (Å²) in [4.78, 5) is 0. The van der Waals surface area contributed by atoms with Crippen molar-refractivity contribution < 1.29 is 0 Å². The van der Waals surface area contributed by atoms with Crippen LogP contribution in [0, 0.1) is 11.3 Å². The molecule has 1 rings (SSSR count).